The number of aryl methyl sites for hydroxylation is 1. The van der Waals surface area contributed by atoms with Gasteiger partial charge in [-0.15, -0.1) is 0 Å². The van der Waals surface area contributed by atoms with Gasteiger partial charge >= 0.3 is 0 Å². The molecule has 1 fully saturated rings. The first-order chi connectivity index (χ1) is 14.3. The Bertz CT molecular complexity index is 1080. The van der Waals surface area contributed by atoms with Gasteiger partial charge in [-0.2, -0.15) is 9.57 Å². The Labute approximate surface area is 177 Å². The number of amides is 1. The smallest absolute Gasteiger partial charge is 0.247 e. The first-order valence-electron chi connectivity index (χ1n) is 9.72. The van der Waals surface area contributed by atoms with Gasteiger partial charge in [-0.05, 0) is 55.2 Å². The molecule has 0 spiro atoms. The topological polar surface area (TPSA) is 99.5 Å². The molecule has 1 saturated carbocycles. The predicted octanol–water partition coefficient (Wildman–Crippen LogP) is 3.21. The Morgan fingerprint density at radius 2 is 1.90 bits per heavy atom. The highest BCUT2D eigenvalue weighted by atomic mass is 32.2. The number of carbonyl (C=O) groups is 1. The highest BCUT2D eigenvalue weighted by molar-refractivity contribution is 7.89. The Kier molecular flexibility index (Phi) is 6.15. The van der Waals surface area contributed by atoms with E-state index in [2.05, 4.69) is 11.4 Å². The van der Waals surface area contributed by atoms with Crippen molar-refractivity contribution in [2.24, 2.45) is 0 Å². The van der Waals surface area contributed by atoms with E-state index >= 15 is 0 Å². The molecule has 3 rings (SSSR count). The van der Waals surface area contributed by atoms with Crippen molar-refractivity contribution in [1.29, 1.82) is 5.26 Å². The van der Waals surface area contributed by atoms with E-state index in [1.54, 1.807) is 38.1 Å². The van der Waals surface area contributed by atoms with E-state index in [1.807, 2.05) is 12.1 Å². The van der Waals surface area contributed by atoms with Crippen LogP contribution in [0.4, 0.5) is 5.69 Å². The van der Waals surface area contributed by atoms with Crippen LogP contribution in [0.3, 0.4) is 0 Å². The molecular weight excluding hydrogens is 402 g/mol. The van der Waals surface area contributed by atoms with E-state index in [4.69, 9.17) is 4.74 Å². The molecule has 0 heterocycles. The molecular formula is C22H25N3O4S. The number of ether oxygens (including phenoxy) is 1. The molecule has 1 aliphatic rings. The summed E-state index contributed by atoms with van der Waals surface area (Å²) >= 11 is 0. The minimum Gasteiger partial charge on any atom is -0.495 e. The van der Waals surface area contributed by atoms with Crippen LogP contribution in [0.15, 0.2) is 47.4 Å². The molecule has 0 atom stereocenters. The number of anilines is 1. The summed E-state index contributed by atoms with van der Waals surface area (Å²) in [7, 11) is -2.50. The molecule has 2 aromatic rings. The van der Waals surface area contributed by atoms with Gasteiger partial charge in [0.05, 0.1) is 25.1 Å². The Morgan fingerprint density at radius 1 is 1.23 bits per heavy atom. The number of carbonyl (C=O) groups excluding carboxylic acids is 1. The summed E-state index contributed by atoms with van der Waals surface area (Å²) in [6.07, 6.45) is 1.70. The van der Waals surface area contributed by atoms with Crippen LogP contribution in [-0.4, -0.2) is 38.8 Å². The van der Waals surface area contributed by atoms with Gasteiger partial charge in [-0.3, -0.25) is 4.79 Å². The molecule has 0 aliphatic heterocycles. The zero-order valence-corrected chi connectivity index (χ0v) is 18.1. The van der Waals surface area contributed by atoms with Crippen molar-refractivity contribution < 1.29 is 17.9 Å². The number of hydrogen-bond donors (Lipinski definition) is 1. The Morgan fingerprint density at radius 3 is 2.43 bits per heavy atom. The van der Waals surface area contributed by atoms with E-state index in [-0.39, 0.29) is 29.1 Å². The lowest BCUT2D eigenvalue weighted by atomic mass is 9.98. The number of nitrogens with zero attached hydrogens (tertiary/aromatic N) is 2. The molecule has 0 unspecified atom stereocenters. The lowest BCUT2D eigenvalue weighted by molar-refractivity contribution is -0.116. The van der Waals surface area contributed by atoms with Crippen molar-refractivity contribution >= 4 is 21.6 Å². The van der Waals surface area contributed by atoms with E-state index < -0.39 is 15.9 Å². The third kappa shape index (κ3) is 4.32. The molecule has 0 radical (unpaired) electrons. The molecule has 8 heteroatoms. The highest BCUT2D eigenvalue weighted by Gasteiger charge is 2.44. The van der Waals surface area contributed by atoms with Crippen LogP contribution in [-0.2, 0) is 20.2 Å². The number of likely N-dealkylation sites (N-methyl/N-ethyl adjacent to an activating group) is 1. The van der Waals surface area contributed by atoms with Gasteiger partial charge in [0.1, 0.15) is 10.6 Å². The second-order valence-electron chi connectivity index (χ2n) is 7.40. The Hall–Kier alpha value is -2.89. The standard InChI is InChI=1S/C22H25N3O4S/c1-4-25(30(27,28)20-13-16(2)5-10-19(20)29-3)14-21(26)24-18-8-6-17(7-9-18)22(15-23)11-12-22/h5-10,13H,4,11-12,14H2,1-3H3,(H,24,26). The van der Waals surface area contributed by atoms with Gasteiger partial charge in [0, 0.05) is 12.2 Å². The number of methoxy groups -OCH3 is 1. The monoisotopic (exact) mass is 427 g/mol. The molecule has 0 bridgehead atoms. The number of nitrogens with one attached hydrogen (secondary N) is 1. The van der Waals surface area contributed by atoms with Crippen molar-refractivity contribution in [3.05, 3.63) is 53.6 Å². The van der Waals surface area contributed by atoms with Crippen molar-refractivity contribution in [3.63, 3.8) is 0 Å². The normalized spacial score (nSPS) is 14.8. The fraction of sp³-hybridized carbons (Fsp3) is 0.364. The Balaban J connectivity index is 1.73. The van der Waals surface area contributed by atoms with Gasteiger partial charge in [-0.1, -0.05) is 25.1 Å². The lowest BCUT2D eigenvalue weighted by Gasteiger charge is -2.21. The first kappa shape index (κ1) is 21.8. The highest BCUT2D eigenvalue weighted by Crippen LogP contribution is 2.47. The average molecular weight is 428 g/mol. The maximum Gasteiger partial charge on any atom is 0.247 e. The van der Waals surface area contributed by atoms with Crippen LogP contribution in [0.25, 0.3) is 0 Å². The summed E-state index contributed by atoms with van der Waals surface area (Å²) in [6, 6.07) is 14.4. The molecule has 1 N–H and O–H groups in total. The van der Waals surface area contributed by atoms with E-state index in [0.29, 0.717) is 5.69 Å². The fourth-order valence-corrected chi connectivity index (χ4v) is 4.96. The first-order valence-corrected chi connectivity index (χ1v) is 11.2. The number of hydrogen-bond acceptors (Lipinski definition) is 5. The van der Waals surface area contributed by atoms with Crippen molar-refractivity contribution in [3.8, 4) is 11.8 Å². The number of benzene rings is 2. The third-order valence-electron chi connectivity index (χ3n) is 5.29. The van der Waals surface area contributed by atoms with Crippen LogP contribution < -0.4 is 10.1 Å². The molecule has 1 aliphatic carbocycles. The predicted molar refractivity (Wildman–Crippen MR) is 114 cm³/mol. The lowest BCUT2D eigenvalue weighted by Crippen LogP contribution is -2.38. The van der Waals surface area contributed by atoms with Crippen LogP contribution in [0.1, 0.15) is 30.9 Å². The summed E-state index contributed by atoms with van der Waals surface area (Å²) in [6.45, 7) is 3.29. The van der Waals surface area contributed by atoms with E-state index in [9.17, 15) is 18.5 Å². The van der Waals surface area contributed by atoms with Gasteiger partial charge in [0.2, 0.25) is 15.9 Å². The SMILES string of the molecule is CCN(CC(=O)Nc1ccc(C2(C#N)CC2)cc1)S(=O)(=O)c1cc(C)ccc1OC. The molecule has 1 amide bonds. The average Bonchev–Trinajstić information content (AvgIpc) is 3.53. The summed E-state index contributed by atoms with van der Waals surface area (Å²) < 4.78 is 32.5. The second-order valence-corrected chi connectivity index (χ2v) is 9.31. The summed E-state index contributed by atoms with van der Waals surface area (Å²) in [4.78, 5) is 12.6. The maximum atomic E-state index is 13.1. The molecule has 0 saturated heterocycles. The molecule has 30 heavy (non-hydrogen) atoms. The van der Waals surface area contributed by atoms with Crippen LogP contribution in [0.2, 0.25) is 0 Å². The zero-order chi connectivity index (χ0) is 21.9. The molecule has 7 nitrogen and oxygen atoms in total. The molecule has 0 aromatic heterocycles. The second kappa shape index (κ2) is 8.46. The van der Waals surface area contributed by atoms with Crippen LogP contribution in [0, 0.1) is 18.3 Å². The third-order valence-corrected chi connectivity index (χ3v) is 7.24. The molecule has 158 valence electrons. The maximum absolute atomic E-state index is 13.1. The van der Waals surface area contributed by atoms with Gasteiger partial charge < -0.3 is 10.1 Å². The van der Waals surface area contributed by atoms with E-state index in [0.717, 1.165) is 28.3 Å². The summed E-state index contributed by atoms with van der Waals surface area (Å²) in [5, 5.41) is 12.0. The van der Waals surface area contributed by atoms with Crippen molar-refractivity contribution in [2.75, 3.05) is 25.5 Å². The number of nitriles is 1. The quantitative estimate of drug-likeness (QED) is 0.697. The number of rotatable bonds is 8. The fourth-order valence-electron chi connectivity index (χ4n) is 3.31. The minimum absolute atomic E-state index is 0.0373. The summed E-state index contributed by atoms with van der Waals surface area (Å²) in [5.74, 6) is -0.206. The zero-order valence-electron chi connectivity index (χ0n) is 17.3. The van der Waals surface area contributed by atoms with E-state index in [1.165, 1.54) is 13.2 Å². The number of sulfonamides is 1. The largest absolute Gasteiger partial charge is 0.495 e. The van der Waals surface area contributed by atoms with Gasteiger partial charge in [-0.25, -0.2) is 8.42 Å². The van der Waals surface area contributed by atoms with Gasteiger partial charge in [0.25, 0.3) is 0 Å². The van der Waals surface area contributed by atoms with Crippen molar-refractivity contribution in [1.82, 2.24) is 4.31 Å². The minimum atomic E-state index is -3.91. The summed E-state index contributed by atoms with van der Waals surface area (Å²) in [5.41, 5.74) is 1.88. The van der Waals surface area contributed by atoms with Crippen LogP contribution >= 0.6 is 0 Å². The van der Waals surface area contributed by atoms with Gasteiger partial charge in [0.15, 0.2) is 0 Å². The van der Waals surface area contributed by atoms with Crippen LogP contribution in [0.5, 0.6) is 5.75 Å². The van der Waals surface area contributed by atoms with Crippen molar-refractivity contribution in [2.45, 2.75) is 37.0 Å². The molecule has 2 aromatic carbocycles.